The number of halogens is 2. The van der Waals surface area contributed by atoms with Crippen LogP contribution >= 0.6 is 11.6 Å². The first-order valence-electron chi connectivity index (χ1n) is 47.8. The van der Waals surface area contributed by atoms with Gasteiger partial charge in [-0.1, -0.05) is 89.5 Å². The number of aryl methyl sites for hydroxylation is 3. The Balaban J connectivity index is 0.000000163. The number of H-pyrrole nitrogens is 1. The molecule has 9 aromatic heterocycles. The topological polar surface area (TPSA) is 497 Å². The summed E-state index contributed by atoms with van der Waals surface area (Å²) in [4.78, 5) is 99.7. The van der Waals surface area contributed by atoms with Gasteiger partial charge in [0.1, 0.15) is 63.9 Å². The van der Waals surface area contributed by atoms with Crippen molar-refractivity contribution in [3.63, 3.8) is 0 Å². The molecule has 146 heavy (non-hydrogen) atoms. The molecule has 4 amide bonds. The van der Waals surface area contributed by atoms with Crippen LogP contribution in [0.1, 0.15) is 194 Å². The number of aromatic amines is 1. The van der Waals surface area contributed by atoms with E-state index in [1.54, 1.807) is 68.6 Å². The number of carbonyl (C=O) groups is 4. The molecule has 13 heterocycles. The van der Waals surface area contributed by atoms with Crippen LogP contribution in [-0.4, -0.2) is 183 Å². The number of nitrogen functional groups attached to an aromatic ring is 3. The number of anilines is 8. The Morgan fingerprint density at radius 3 is 1.38 bits per heavy atom. The molecule has 5 atom stereocenters. The highest BCUT2D eigenvalue weighted by atomic mass is 35.5. The number of hydrogen-bond donors (Lipinski definition) is 8. The summed E-state index contributed by atoms with van der Waals surface area (Å²) < 4.78 is 136. The first kappa shape index (κ1) is 109. The molecule has 0 saturated carbocycles. The van der Waals surface area contributed by atoms with Gasteiger partial charge >= 0.3 is 0 Å². The van der Waals surface area contributed by atoms with Gasteiger partial charge in [0.2, 0.25) is 0 Å². The molecule has 4 saturated heterocycles. The van der Waals surface area contributed by atoms with E-state index in [0.29, 0.717) is 118 Å². The van der Waals surface area contributed by atoms with Gasteiger partial charge in [-0.3, -0.25) is 24.3 Å². The van der Waals surface area contributed by atoms with Gasteiger partial charge in [0, 0.05) is 89.9 Å². The van der Waals surface area contributed by atoms with Crippen molar-refractivity contribution >= 4 is 122 Å². The minimum Gasteiger partial charge on any atom is -0.497 e. The third kappa shape index (κ3) is 25.5. The molecule has 4 aliphatic heterocycles. The minimum absolute atomic E-state index is 0.0227. The van der Waals surface area contributed by atoms with Crippen LogP contribution in [0.5, 0.6) is 11.5 Å². The van der Waals surface area contributed by atoms with Crippen molar-refractivity contribution < 1.29 is 66.7 Å². The van der Waals surface area contributed by atoms with E-state index in [2.05, 4.69) is 154 Å². The lowest BCUT2D eigenvalue weighted by molar-refractivity contribution is 0.0972. The van der Waals surface area contributed by atoms with E-state index in [1.807, 2.05) is 81.2 Å². The van der Waals surface area contributed by atoms with E-state index in [0.717, 1.165) is 84.4 Å². The summed E-state index contributed by atoms with van der Waals surface area (Å²) in [6.07, 6.45) is 6.72. The second-order valence-corrected chi connectivity index (χ2v) is 46.7. The average molecular weight is 2090 g/mol. The van der Waals surface area contributed by atoms with Crippen molar-refractivity contribution in [3.8, 4) is 56.5 Å². The summed E-state index contributed by atoms with van der Waals surface area (Å²) in [6.45, 7) is 38.4. The van der Waals surface area contributed by atoms with E-state index in [-0.39, 0.29) is 94.3 Å². The zero-order valence-corrected chi connectivity index (χ0v) is 89.2. The summed E-state index contributed by atoms with van der Waals surface area (Å²) in [7, 11) is -13.2. The molecule has 0 bridgehead atoms. The SMILES string of the molecule is CCCOc1cc(-c2ccc(C(=O)NS(=O)(=O)c3ccn[nH]3)c(N3[C@H](C)CC[C@@H]3C)n2)ccc1Cl.COc1cccc(-c2nc(N3CC(C)CC3(C)C)c(C(=O)NS(=O)(=O)c3cccc(N)n3)cc2C)c1.Cc1cc(F)ccc1-c1ccc(C(=O)NS(=O)(=O)c2cccc(N)n2)c(N2CC(C)CC2(C)C)n1.Cc1nc(N(C)CC(C)C)ccc1-c1ccc(C(=O)NS(=O)(=O)c2cccc(N)n2)c(N2CC(C)CC2(C)C)n1. The van der Waals surface area contributed by atoms with Crippen LogP contribution in [0.3, 0.4) is 0 Å². The van der Waals surface area contributed by atoms with Crippen LogP contribution in [0, 0.1) is 50.3 Å². The van der Waals surface area contributed by atoms with Gasteiger partial charge in [-0.25, -0.2) is 63.2 Å². The Kier molecular flexibility index (Phi) is 33.3. The molecule has 3 aromatic carbocycles. The predicted octanol–water partition coefficient (Wildman–Crippen LogP) is 16.4. The Labute approximate surface area is 857 Å². The molecule has 11 N–H and O–H groups in total. The van der Waals surface area contributed by atoms with E-state index < -0.39 is 63.7 Å². The number of nitrogens with zero attached hydrogens (tertiary/aromatic N) is 14. The van der Waals surface area contributed by atoms with Gasteiger partial charge in [0.25, 0.3) is 63.7 Å². The molecule has 4 aliphatic rings. The van der Waals surface area contributed by atoms with Crippen LogP contribution in [0.15, 0.2) is 202 Å². The van der Waals surface area contributed by atoms with Crippen molar-refractivity contribution in [1.29, 1.82) is 0 Å². The summed E-state index contributed by atoms with van der Waals surface area (Å²) in [5, 5.41) is 5.32. The normalized spacial score (nSPS) is 17.3. The lowest BCUT2D eigenvalue weighted by Gasteiger charge is -2.34. The highest BCUT2D eigenvalue weighted by molar-refractivity contribution is 7.91. The Morgan fingerprint density at radius 1 is 0.500 bits per heavy atom. The number of methoxy groups -OCH3 is 1. The molecular formula is C104H126ClFN22O14S4. The standard InChI is InChI=1S/C29H39N7O3S.C26H31N5O4S.C25H28FN5O3S.C24H28ClN5O4S/c1-18(2)16-35(7)25-14-12-21(20(4)31-25)23-13-11-22(27(32-23)36-17-19(3)15-29(36,5)6)28(37)34-40(38,39)26-10-8-9-24(30)33-26;1-16-14-26(3,4)31(15-16)24-20(25(32)30-36(33,34)22-11-7-10-21(27)28-22)12-17(2)23(29-24)18-8-6-9-19(13-18)35-5;1-15-13-25(3,4)31(14-15)23-19(10-11-20(28-23)18-9-8-17(26)12-16(18)2)24(32)30-35(33,34)22-7-5-6-21(27)29-22;1-4-13-34-21-14-17(7-9-19(21)25)20-10-8-18(23(27-20)30-15(2)5-6-16(30)3)24(31)29-35(32,33)22-11-12-26-28-22/h8-14,18-19H,15-17H2,1-7H3,(H2,30,33)(H,34,37);6-13,16H,14-15H2,1-5H3,(H2,27,28)(H,30,32);5-12,15H,13-14H2,1-4H3,(H2,27,29)(H,30,32);7-12,14-16H,4-6,13H2,1-3H3,(H,26,28)(H,29,31)/t;;;15-,16+. The van der Waals surface area contributed by atoms with Gasteiger partial charge in [0.05, 0.1) is 70.0 Å². The number of pyridine rings is 8. The number of carbonyl (C=O) groups excluding carboxylic acids is 4. The number of rotatable bonds is 27. The quantitative estimate of drug-likeness (QED) is 0.0237. The van der Waals surface area contributed by atoms with Gasteiger partial charge < -0.3 is 51.2 Å². The number of amides is 4. The van der Waals surface area contributed by atoms with Gasteiger partial charge in [-0.05, 0) is 289 Å². The molecule has 0 spiro atoms. The Morgan fingerprint density at radius 2 is 0.945 bits per heavy atom. The van der Waals surface area contributed by atoms with Crippen LogP contribution in [0.25, 0.3) is 45.0 Å². The van der Waals surface area contributed by atoms with Crippen LogP contribution in [0.4, 0.5) is 50.9 Å². The van der Waals surface area contributed by atoms with E-state index in [9.17, 15) is 57.2 Å². The van der Waals surface area contributed by atoms with Crippen molar-refractivity contribution in [1.82, 2.24) is 69.0 Å². The summed E-state index contributed by atoms with van der Waals surface area (Å²) in [5.41, 5.74) is 24.6. The predicted molar refractivity (Wildman–Crippen MR) is 566 cm³/mol. The first-order valence-corrected chi connectivity index (χ1v) is 54.1. The molecule has 42 heteroatoms. The fourth-order valence-electron chi connectivity index (χ4n) is 19.1. The number of sulfonamides is 4. The lowest BCUT2D eigenvalue weighted by atomic mass is 9.97. The molecule has 3 unspecified atom stereocenters. The highest BCUT2D eigenvalue weighted by Crippen LogP contribution is 2.45. The van der Waals surface area contributed by atoms with Gasteiger partial charge in [-0.2, -0.15) is 38.8 Å². The fourth-order valence-corrected chi connectivity index (χ4v) is 23.0. The zero-order valence-electron chi connectivity index (χ0n) is 85.2. The second kappa shape index (κ2) is 44.5. The van der Waals surface area contributed by atoms with E-state index >= 15 is 0 Å². The monoisotopic (exact) mass is 2090 g/mol. The van der Waals surface area contributed by atoms with E-state index in [1.165, 1.54) is 79.0 Å². The van der Waals surface area contributed by atoms with Crippen molar-refractivity contribution in [2.75, 3.05) is 88.6 Å². The molecule has 4 fully saturated rings. The molecule has 0 aliphatic carbocycles. The second-order valence-electron chi connectivity index (χ2n) is 39.7. The zero-order chi connectivity index (χ0) is 106. The maximum absolute atomic E-state index is 13.7. The molecule has 36 nitrogen and oxygen atoms in total. The number of nitrogens with two attached hydrogens (primary N) is 3. The van der Waals surface area contributed by atoms with Gasteiger partial charge in [0.15, 0.2) is 20.1 Å². The number of ether oxygens (including phenoxy) is 2. The summed E-state index contributed by atoms with van der Waals surface area (Å²) in [6, 6.07) is 47.1. The number of aromatic nitrogens is 10. The van der Waals surface area contributed by atoms with E-state index in [4.69, 9.17) is 63.2 Å². The Hall–Kier alpha value is -14.0. The molecule has 0 radical (unpaired) electrons. The van der Waals surface area contributed by atoms with Crippen molar-refractivity contribution in [3.05, 3.63) is 232 Å². The van der Waals surface area contributed by atoms with Crippen molar-refractivity contribution in [2.24, 2.45) is 23.7 Å². The van der Waals surface area contributed by atoms with Gasteiger partial charge in [-0.15, -0.1) is 0 Å². The smallest absolute Gasteiger partial charge is 0.281 e. The number of nitrogens with one attached hydrogen (secondary N) is 5. The van der Waals surface area contributed by atoms with Crippen molar-refractivity contribution in [2.45, 2.75) is 205 Å². The van der Waals surface area contributed by atoms with Crippen LogP contribution in [-0.2, 0) is 40.1 Å². The molecular weight excluding hydrogens is 1960 g/mol. The maximum atomic E-state index is 13.7. The van der Waals surface area contributed by atoms with Crippen LogP contribution < -0.4 is 70.1 Å². The number of hydrogen-bond acceptors (Lipinski definition) is 31. The number of benzene rings is 3. The third-order valence-electron chi connectivity index (χ3n) is 25.6. The average Bonchev–Trinajstić information content (AvgIpc) is 1.41. The Bertz CT molecular complexity index is 7380. The maximum Gasteiger partial charge on any atom is 0.281 e. The molecule has 774 valence electrons. The lowest BCUT2D eigenvalue weighted by Crippen LogP contribution is -2.41. The summed E-state index contributed by atoms with van der Waals surface area (Å²) >= 11 is 6.29. The highest BCUT2D eigenvalue weighted by Gasteiger charge is 2.44. The largest absolute Gasteiger partial charge is 0.497 e. The molecule has 16 rings (SSSR count). The van der Waals surface area contributed by atoms with Crippen LogP contribution in [0.2, 0.25) is 5.02 Å². The molecule has 12 aromatic rings. The summed E-state index contributed by atoms with van der Waals surface area (Å²) in [5.74, 6) is 1.99. The fraction of sp³-hybridized carbons (Fsp3) is 0.375. The third-order valence-corrected chi connectivity index (χ3v) is 30.9. The first-order chi connectivity index (χ1) is 68.7. The minimum atomic E-state index is -4.26.